The molecule has 0 bridgehead atoms. The molecular weight excluding hydrogens is 358 g/mol. The number of halogens is 1. The van der Waals surface area contributed by atoms with Crippen molar-refractivity contribution in [1.29, 1.82) is 0 Å². The summed E-state index contributed by atoms with van der Waals surface area (Å²) in [6.45, 7) is 1.85. The number of benzene rings is 1. The van der Waals surface area contributed by atoms with E-state index >= 15 is 0 Å². The molecule has 2 saturated heterocycles. The Kier molecular flexibility index (Phi) is 5.98. The highest BCUT2D eigenvalue weighted by atomic mass is 35.5. The van der Waals surface area contributed by atoms with Crippen LogP contribution >= 0.6 is 11.6 Å². The van der Waals surface area contributed by atoms with Crippen molar-refractivity contribution in [3.63, 3.8) is 0 Å². The van der Waals surface area contributed by atoms with Crippen molar-refractivity contribution in [3.8, 4) is 5.75 Å². The highest BCUT2D eigenvalue weighted by Crippen LogP contribution is 2.21. The third-order valence-electron chi connectivity index (χ3n) is 4.74. The summed E-state index contributed by atoms with van der Waals surface area (Å²) in [5.74, 6) is 0.690. The zero-order valence-corrected chi connectivity index (χ0v) is 15.1. The van der Waals surface area contributed by atoms with Crippen LogP contribution in [-0.4, -0.2) is 48.5 Å². The molecule has 8 heteroatoms. The lowest BCUT2D eigenvalue weighted by atomic mass is 9.97. The molecule has 0 aliphatic carbocycles. The highest BCUT2D eigenvalue weighted by Gasteiger charge is 2.31. The number of carbonyl (C=O) groups excluding carboxylic acids is 3. The summed E-state index contributed by atoms with van der Waals surface area (Å²) in [7, 11) is 0. The highest BCUT2D eigenvalue weighted by molar-refractivity contribution is 6.30. The van der Waals surface area contributed by atoms with E-state index in [0.29, 0.717) is 37.1 Å². The zero-order valence-electron chi connectivity index (χ0n) is 14.4. The van der Waals surface area contributed by atoms with Crippen LogP contribution in [0.25, 0.3) is 0 Å². The van der Waals surface area contributed by atoms with Crippen LogP contribution in [0.1, 0.15) is 25.7 Å². The van der Waals surface area contributed by atoms with Gasteiger partial charge in [0.2, 0.25) is 11.8 Å². The van der Waals surface area contributed by atoms with E-state index in [1.165, 1.54) is 0 Å². The SMILES string of the molecule is O=C1CC[C@@H](C(=O)N2CCC(COc3ccc(Cl)cc3)CC2)NC(=O)N1. The minimum Gasteiger partial charge on any atom is -0.493 e. The number of ether oxygens (including phenoxy) is 1. The van der Waals surface area contributed by atoms with Crippen LogP contribution in [-0.2, 0) is 9.59 Å². The van der Waals surface area contributed by atoms with Gasteiger partial charge in [-0.2, -0.15) is 0 Å². The first kappa shape index (κ1) is 18.5. The number of hydrogen-bond acceptors (Lipinski definition) is 4. The molecule has 4 amide bonds. The molecular formula is C18H22ClN3O4. The molecule has 1 aromatic carbocycles. The van der Waals surface area contributed by atoms with Crippen LogP contribution in [0.5, 0.6) is 5.75 Å². The summed E-state index contributed by atoms with van der Waals surface area (Å²) in [4.78, 5) is 37.3. The third kappa shape index (κ3) is 4.88. The molecule has 0 spiro atoms. The Bertz CT molecular complexity index is 672. The van der Waals surface area contributed by atoms with Gasteiger partial charge < -0.3 is 15.0 Å². The average Bonchev–Trinajstić information content (AvgIpc) is 2.81. The number of hydrogen-bond donors (Lipinski definition) is 2. The summed E-state index contributed by atoms with van der Waals surface area (Å²) in [6.07, 6.45) is 2.19. The first-order valence-corrected chi connectivity index (χ1v) is 9.16. The Morgan fingerprint density at radius 2 is 1.85 bits per heavy atom. The summed E-state index contributed by atoms with van der Waals surface area (Å²) >= 11 is 5.86. The van der Waals surface area contributed by atoms with E-state index in [1.807, 2.05) is 12.1 Å². The largest absolute Gasteiger partial charge is 0.493 e. The van der Waals surface area contributed by atoms with Gasteiger partial charge in [-0.05, 0) is 49.4 Å². The third-order valence-corrected chi connectivity index (χ3v) is 4.99. The fraction of sp³-hybridized carbons (Fsp3) is 0.500. The summed E-state index contributed by atoms with van der Waals surface area (Å²) in [5, 5.41) is 5.43. The van der Waals surface area contributed by atoms with Crippen LogP contribution in [0.15, 0.2) is 24.3 Å². The Hall–Kier alpha value is -2.28. The number of nitrogens with zero attached hydrogens (tertiary/aromatic N) is 1. The van der Waals surface area contributed by atoms with E-state index in [-0.39, 0.29) is 18.2 Å². The van der Waals surface area contributed by atoms with Crippen LogP contribution in [0.3, 0.4) is 0 Å². The molecule has 2 aliphatic heterocycles. The molecule has 0 radical (unpaired) electrons. The fourth-order valence-corrected chi connectivity index (χ4v) is 3.33. The maximum absolute atomic E-state index is 12.6. The molecule has 7 nitrogen and oxygen atoms in total. The van der Waals surface area contributed by atoms with Gasteiger partial charge in [0.15, 0.2) is 0 Å². The second-order valence-electron chi connectivity index (χ2n) is 6.65. The van der Waals surface area contributed by atoms with Crippen LogP contribution in [0.2, 0.25) is 5.02 Å². The smallest absolute Gasteiger partial charge is 0.322 e. The first-order valence-electron chi connectivity index (χ1n) is 8.79. The van der Waals surface area contributed by atoms with Crippen molar-refractivity contribution in [3.05, 3.63) is 29.3 Å². The summed E-state index contributed by atoms with van der Waals surface area (Å²) in [5.41, 5.74) is 0. The molecule has 2 fully saturated rings. The quantitative estimate of drug-likeness (QED) is 0.836. The van der Waals surface area contributed by atoms with Crippen molar-refractivity contribution in [1.82, 2.24) is 15.5 Å². The molecule has 2 heterocycles. The number of urea groups is 1. The predicted octanol–water partition coefficient (Wildman–Crippen LogP) is 1.95. The van der Waals surface area contributed by atoms with Gasteiger partial charge in [-0.15, -0.1) is 0 Å². The van der Waals surface area contributed by atoms with Gasteiger partial charge >= 0.3 is 6.03 Å². The van der Waals surface area contributed by atoms with Crippen LogP contribution in [0.4, 0.5) is 4.79 Å². The van der Waals surface area contributed by atoms with Gasteiger partial charge in [-0.1, -0.05) is 11.6 Å². The van der Waals surface area contributed by atoms with Gasteiger partial charge in [0.1, 0.15) is 11.8 Å². The van der Waals surface area contributed by atoms with Gasteiger partial charge in [0, 0.05) is 24.5 Å². The molecule has 1 atom stereocenters. The molecule has 2 N–H and O–H groups in total. The van der Waals surface area contributed by atoms with Crippen LogP contribution < -0.4 is 15.4 Å². The van der Waals surface area contributed by atoms with E-state index in [1.54, 1.807) is 17.0 Å². The van der Waals surface area contributed by atoms with E-state index in [9.17, 15) is 14.4 Å². The first-order chi connectivity index (χ1) is 12.5. The average molecular weight is 380 g/mol. The topological polar surface area (TPSA) is 87.7 Å². The number of amides is 4. The molecule has 140 valence electrons. The van der Waals surface area contributed by atoms with Crippen molar-refractivity contribution >= 4 is 29.4 Å². The second kappa shape index (κ2) is 8.40. The minimum atomic E-state index is -0.636. The number of imide groups is 1. The van der Waals surface area contributed by atoms with Crippen molar-refractivity contribution < 1.29 is 19.1 Å². The number of likely N-dealkylation sites (tertiary alicyclic amines) is 1. The van der Waals surface area contributed by atoms with E-state index in [2.05, 4.69) is 10.6 Å². The molecule has 1 aromatic rings. The van der Waals surface area contributed by atoms with Crippen molar-refractivity contribution in [2.75, 3.05) is 19.7 Å². The monoisotopic (exact) mass is 379 g/mol. The standard InChI is InChI=1S/C18H22ClN3O4/c19-13-1-3-14(4-2-13)26-11-12-7-9-22(10-8-12)17(24)15-5-6-16(23)21-18(25)20-15/h1-4,12,15H,5-11H2,(H2,20,21,23,25)/t15-/m0/s1. The summed E-state index contributed by atoms with van der Waals surface area (Å²) in [6, 6.07) is 6.02. The lowest BCUT2D eigenvalue weighted by Crippen LogP contribution is -2.51. The number of nitrogens with one attached hydrogen (secondary N) is 2. The predicted molar refractivity (Wildman–Crippen MR) is 95.9 cm³/mol. The van der Waals surface area contributed by atoms with Gasteiger partial charge in [-0.3, -0.25) is 14.9 Å². The maximum Gasteiger partial charge on any atom is 0.322 e. The normalized spacial score (nSPS) is 21.6. The number of carbonyl (C=O) groups is 3. The van der Waals surface area contributed by atoms with E-state index in [0.717, 1.165) is 18.6 Å². The van der Waals surface area contributed by atoms with Gasteiger partial charge in [0.25, 0.3) is 0 Å². The number of rotatable bonds is 4. The lowest BCUT2D eigenvalue weighted by Gasteiger charge is -2.34. The van der Waals surface area contributed by atoms with Gasteiger partial charge in [0.05, 0.1) is 6.61 Å². The van der Waals surface area contributed by atoms with E-state index < -0.39 is 12.1 Å². The molecule has 0 saturated carbocycles. The van der Waals surface area contributed by atoms with Crippen LogP contribution in [0, 0.1) is 5.92 Å². The fourth-order valence-electron chi connectivity index (χ4n) is 3.20. The molecule has 26 heavy (non-hydrogen) atoms. The molecule has 3 rings (SSSR count). The Labute approximate surface area is 157 Å². The Morgan fingerprint density at radius 3 is 2.54 bits per heavy atom. The molecule has 0 aromatic heterocycles. The molecule has 2 aliphatic rings. The minimum absolute atomic E-state index is 0.119. The Balaban J connectivity index is 1.45. The second-order valence-corrected chi connectivity index (χ2v) is 7.08. The maximum atomic E-state index is 12.6. The number of piperidine rings is 1. The zero-order chi connectivity index (χ0) is 18.5. The van der Waals surface area contributed by atoms with Crippen molar-refractivity contribution in [2.24, 2.45) is 5.92 Å². The Morgan fingerprint density at radius 1 is 1.15 bits per heavy atom. The van der Waals surface area contributed by atoms with E-state index in [4.69, 9.17) is 16.3 Å². The summed E-state index contributed by atoms with van der Waals surface area (Å²) < 4.78 is 5.79. The van der Waals surface area contributed by atoms with Gasteiger partial charge in [-0.25, -0.2) is 4.79 Å². The lowest BCUT2D eigenvalue weighted by molar-refractivity contribution is -0.134. The molecule has 0 unspecified atom stereocenters. The van der Waals surface area contributed by atoms with Crippen molar-refractivity contribution in [2.45, 2.75) is 31.7 Å².